The number of nitrogens with one attached hydrogen (secondary N) is 2. The molecule has 3 aromatic rings. The molecule has 1 saturated carbocycles. The molecule has 0 atom stereocenters. The molecule has 0 aliphatic heterocycles. The van der Waals surface area contributed by atoms with E-state index < -0.39 is 0 Å². The highest BCUT2D eigenvalue weighted by Crippen LogP contribution is 2.26. The number of rotatable bonds is 5. The molecule has 4 rings (SSSR count). The summed E-state index contributed by atoms with van der Waals surface area (Å²) in [6.07, 6.45) is 8.48. The third-order valence-corrected chi connectivity index (χ3v) is 4.96. The number of hydrogen-bond donors (Lipinski definition) is 2. The summed E-state index contributed by atoms with van der Waals surface area (Å²) in [6, 6.07) is 14.4. The predicted molar refractivity (Wildman–Crippen MR) is 109 cm³/mol. The lowest BCUT2D eigenvalue weighted by atomic mass is 10.2. The van der Waals surface area contributed by atoms with E-state index in [2.05, 4.69) is 36.5 Å². The van der Waals surface area contributed by atoms with Crippen LogP contribution in [-0.4, -0.2) is 21.0 Å². The van der Waals surface area contributed by atoms with Gasteiger partial charge in [-0.3, -0.25) is 4.98 Å². The summed E-state index contributed by atoms with van der Waals surface area (Å²) >= 11 is 3.51. The first-order valence-corrected chi connectivity index (χ1v) is 9.64. The second-order valence-corrected chi connectivity index (χ2v) is 7.38. The van der Waals surface area contributed by atoms with Crippen molar-refractivity contribution in [1.29, 1.82) is 0 Å². The van der Waals surface area contributed by atoms with Gasteiger partial charge in [0.1, 0.15) is 5.82 Å². The van der Waals surface area contributed by atoms with Crippen molar-refractivity contribution < 1.29 is 0 Å². The fourth-order valence-electron chi connectivity index (χ4n) is 3.20. The van der Waals surface area contributed by atoms with Crippen LogP contribution in [0.25, 0.3) is 11.3 Å². The highest BCUT2D eigenvalue weighted by molar-refractivity contribution is 9.10. The number of aromatic nitrogens is 3. The number of pyridine rings is 1. The summed E-state index contributed by atoms with van der Waals surface area (Å²) < 4.78 is 1.02. The smallest absolute Gasteiger partial charge is 0.225 e. The first-order chi connectivity index (χ1) is 12.8. The average molecular weight is 410 g/mol. The van der Waals surface area contributed by atoms with Gasteiger partial charge in [0.2, 0.25) is 5.95 Å². The normalized spacial score (nSPS) is 14.3. The van der Waals surface area contributed by atoms with Crippen LogP contribution in [0.1, 0.15) is 25.7 Å². The van der Waals surface area contributed by atoms with E-state index in [-0.39, 0.29) is 0 Å². The molecular formula is C20H20BrN5. The molecule has 2 aromatic heterocycles. The van der Waals surface area contributed by atoms with Crippen LogP contribution in [0.2, 0.25) is 0 Å². The van der Waals surface area contributed by atoms with Gasteiger partial charge in [0.15, 0.2) is 0 Å². The van der Waals surface area contributed by atoms with Crippen molar-refractivity contribution in [3.8, 4) is 11.3 Å². The van der Waals surface area contributed by atoms with E-state index >= 15 is 0 Å². The highest BCUT2D eigenvalue weighted by atomic mass is 79.9. The lowest BCUT2D eigenvalue weighted by molar-refractivity contribution is 0.744. The molecule has 0 bridgehead atoms. The van der Waals surface area contributed by atoms with Crippen LogP contribution in [0.5, 0.6) is 0 Å². The van der Waals surface area contributed by atoms with Crippen LogP contribution in [0, 0.1) is 0 Å². The second-order valence-electron chi connectivity index (χ2n) is 6.46. The van der Waals surface area contributed by atoms with Crippen molar-refractivity contribution >= 4 is 33.4 Å². The third kappa shape index (κ3) is 4.19. The monoisotopic (exact) mass is 409 g/mol. The van der Waals surface area contributed by atoms with Gasteiger partial charge in [-0.05, 0) is 43.2 Å². The molecule has 2 heterocycles. The summed E-state index contributed by atoms with van der Waals surface area (Å²) in [7, 11) is 0. The minimum absolute atomic E-state index is 0.456. The lowest BCUT2D eigenvalue weighted by Gasteiger charge is -2.15. The molecule has 1 aliphatic carbocycles. The Labute approximate surface area is 161 Å². The molecule has 0 unspecified atom stereocenters. The number of halogens is 1. The molecular weight excluding hydrogens is 390 g/mol. The molecule has 26 heavy (non-hydrogen) atoms. The predicted octanol–water partition coefficient (Wildman–Crippen LogP) is 5.40. The molecule has 2 N–H and O–H groups in total. The van der Waals surface area contributed by atoms with Crippen molar-refractivity contribution in [2.75, 3.05) is 10.6 Å². The Morgan fingerprint density at radius 3 is 2.65 bits per heavy atom. The number of anilines is 3. The van der Waals surface area contributed by atoms with Gasteiger partial charge in [-0.1, -0.05) is 34.8 Å². The molecule has 1 aromatic carbocycles. The molecule has 6 heteroatoms. The zero-order chi connectivity index (χ0) is 17.8. The van der Waals surface area contributed by atoms with Crippen molar-refractivity contribution in [3.05, 3.63) is 59.3 Å². The zero-order valence-electron chi connectivity index (χ0n) is 14.3. The standard InChI is InChI=1S/C20H20BrN5/c21-15-6-3-9-17(11-15)23-19-12-18(14-5-4-10-22-13-14)25-20(26-19)24-16-7-1-2-8-16/h3-6,9-13,16H,1-2,7-8H2,(H2,23,24,25,26). The largest absolute Gasteiger partial charge is 0.351 e. The zero-order valence-corrected chi connectivity index (χ0v) is 15.9. The molecule has 0 saturated heterocycles. The molecule has 1 fully saturated rings. The Hall–Kier alpha value is -2.47. The van der Waals surface area contributed by atoms with Crippen LogP contribution in [0.15, 0.2) is 59.3 Å². The van der Waals surface area contributed by atoms with Crippen molar-refractivity contribution in [2.45, 2.75) is 31.7 Å². The number of hydrogen-bond acceptors (Lipinski definition) is 5. The topological polar surface area (TPSA) is 62.7 Å². The molecule has 5 nitrogen and oxygen atoms in total. The van der Waals surface area contributed by atoms with Crippen LogP contribution >= 0.6 is 15.9 Å². The van der Waals surface area contributed by atoms with E-state index in [1.807, 2.05) is 48.7 Å². The van der Waals surface area contributed by atoms with Gasteiger partial charge in [0.25, 0.3) is 0 Å². The Morgan fingerprint density at radius 1 is 1.00 bits per heavy atom. The summed E-state index contributed by atoms with van der Waals surface area (Å²) in [5, 5.41) is 6.88. The summed E-state index contributed by atoms with van der Waals surface area (Å²) in [5.74, 6) is 1.42. The SMILES string of the molecule is Brc1cccc(Nc2cc(-c3cccnc3)nc(NC3CCCC3)n2)c1. The van der Waals surface area contributed by atoms with Crippen molar-refractivity contribution in [2.24, 2.45) is 0 Å². The van der Waals surface area contributed by atoms with Gasteiger partial charge in [-0.2, -0.15) is 4.98 Å². The maximum absolute atomic E-state index is 4.71. The number of benzene rings is 1. The van der Waals surface area contributed by atoms with Crippen molar-refractivity contribution in [1.82, 2.24) is 15.0 Å². The highest BCUT2D eigenvalue weighted by Gasteiger charge is 2.17. The average Bonchev–Trinajstić information content (AvgIpc) is 3.15. The van der Waals surface area contributed by atoms with E-state index in [1.165, 1.54) is 25.7 Å². The summed E-state index contributed by atoms with van der Waals surface area (Å²) in [5.41, 5.74) is 2.80. The molecule has 0 radical (unpaired) electrons. The first-order valence-electron chi connectivity index (χ1n) is 8.85. The third-order valence-electron chi connectivity index (χ3n) is 4.47. The van der Waals surface area contributed by atoms with Gasteiger partial charge >= 0.3 is 0 Å². The second kappa shape index (κ2) is 7.83. The van der Waals surface area contributed by atoms with Gasteiger partial charge < -0.3 is 10.6 Å². The number of nitrogens with zero attached hydrogens (tertiary/aromatic N) is 3. The van der Waals surface area contributed by atoms with Gasteiger partial charge in [-0.15, -0.1) is 0 Å². The quantitative estimate of drug-likeness (QED) is 0.590. The maximum atomic E-state index is 4.71. The Morgan fingerprint density at radius 2 is 1.88 bits per heavy atom. The van der Waals surface area contributed by atoms with E-state index in [4.69, 9.17) is 4.98 Å². The van der Waals surface area contributed by atoms with Crippen LogP contribution in [-0.2, 0) is 0 Å². The summed E-state index contributed by atoms with van der Waals surface area (Å²) in [4.78, 5) is 13.6. The van der Waals surface area contributed by atoms with E-state index in [0.29, 0.717) is 12.0 Å². The van der Waals surface area contributed by atoms with Crippen molar-refractivity contribution in [3.63, 3.8) is 0 Å². The summed E-state index contributed by atoms with van der Waals surface area (Å²) in [6.45, 7) is 0. The maximum Gasteiger partial charge on any atom is 0.225 e. The van der Waals surface area contributed by atoms with E-state index in [9.17, 15) is 0 Å². The van der Waals surface area contributed by atoms with E-state index in [0.717, 1.165) is 27.2 Å². The molecule has 132 valence electrons. The van der Waals surface area contributed by atoms with E-state index in [1.54, 1.807) is 6.20 Å². The van der Waals surface area contributed by atoms with Gasteiger partial charge in [0.05, 0.1) is 5.69 Å². The van der Waals surface area contributed by atoms with Crippen LogP contribution in [0.4, 0.5) is 17.5 Å². The fraction of sp³-hybridized carbons (Fsp3) is 0.250. The lowest BCUT2D eigenvalue weighted by Crippen LogP contribution is -2.17. The Kier molecular flexibility index (Phi) is 5.11. The Bertz CT molecular complexity index is 878. The van der Waals surface area contributed by atoms with Gasteiger partial charge in [0, 0.05) is 40.2 Å². The van der Waals surface area contributed by atoms with Gasteiger partial charge in [-0.25, -0.2) is 4.98 Å². The fourth-order valence-corrected chi connectivity index (χ4v) is 3.60. The minimum Gasteiger partial charge on any atom is -0.351 e. The van der Waals surface area contributed by atoms with Crippen LogP contribution < -0.4 is 10.6 Å². The molecule has 0 amide bonds. The molecule has 1 aliphatic rings. The van der Waals surface area contributed by atoms with Crippen LogP contribution in [0.3, 0.4) is 0 Å². The molecule has 0 spiro atoms. The Balaban J connectivity index is 1.67. The minimum atomic E-state index is 0.456. The first kappa shape index (κ1) is 17.0.